The minimum absolute atomic E-state index is 0.136. The van der Waals surface area contributed by atoms with Crippen LogP contribution in [-0.4, -0.2) is 21.3 Å². The van der Waals surface area contributed by atoms with E-state index >= 15 is 0 Å². The van der Waals surface area contributed by atoms with Crippen molar-refractivity contribution in [3.8, 4) is 0 Å². The second-order valence-corrected chi connectivity index (χ2v) is 6.08. The molecule has 0 aromatic carbocycles. The van der Waals surface area contributed by atoms with Crippen LogP contribution in [0.15, 0.2) is 21.9 Å². The summed E-state index contributed by atoms with van der Waals surface area (Å²) >= 11 is 7.63. The maximum absolute atomic E-state index is 12.3. The summed E-state index contributed by atoms with van der Waals surface area (Å²) in [6, 6.07) is 0. The van der Waals surface area contributed by atoms with Crippen LogP contribution in [0.4, 0.5) is 5.69 Å². The van der Waals surface area contributed by atoms with Gasteiger partial charge in [-0.15, -0.1) is 11.3 Å². The van der Waals surface area contributed by atoms with Crippen molar-refractivity contribution < 1.29 is 0 Å². The standard InChI is InChI=1S/C13H15ClN4OS/c14-11-5-17-18(6-9-1-2-9)13(19)12(11)15-4-3-10-7-20-8-16-10/h5,7-9,15H,1-4,6H2. The molecule has 0 radical (unpaired) electrons. The normalized spacial score (nSPS) is 14.4. The largest absolute Gasteiger partial charge is 0.379 e. The number of rotatable bonds is 6. The summed E-state index contributed by atoms with van der Waals surface area (Å²) in [4.78, 5) is 16.5. The number of hydrogen-bond donors (Lipinski definition) is 1. The molecule has 7 heteroatoms. The molecule has 0 aliphatic heterocycles. The van der Waals surface area contributed by atoms with Gasteiger partial charge in [-0.3, -0.25) is 4.79 Å². The summed E-state index contributed by atoms with van der Waals surface area (Å²) in [6.45, 7) is 1.32. The van der Waals surface area contributed by atoms with E-state index in [1.54, 1.807) is 16.8 Å². The molecule has 0 saturated heterocycles. The van der Waals surface area contributed by atoms with E-state index < -0.39 is 0 Å². The van der Waals surface area contributed by atoms with Gasteiger partial charge in [0.15, 0.2) is 0 Å². The molecule has 0 spiro atoms. The van der Waals surface area contributed by atoms with Gasteiger partial charge in [-0.25, -0.2) is 9.67 Å². The van der Waals surface area contributed by atoms with Gasteiger partial charge in [-0.2, -0.15) is 5.10 Å². The summed E-state index contributed by atoms with van der Waals surface area (Å²) in [7, 11) is 0. The fourth-order valence-corrected chi connectivity index (χ4v) is 2.76. The summed E-state index contributed by atoms with van der Waals surface area (Å²) in [5.41, 5.74) is 3.13. The van der Waals surface area contributed by atoms with E-state index in [-0.39, 0.29) is 5.56 Å². The third-order valence-corrected chi connectivity index (χ3v) is 4.21. The van der Waals surface area contributed by atoms with Crippen LogP contribution >= 0.6 is 22.9 Å². The van der Waals surface area contributed by atoms with Gasteiger partial charge < -0.3 is 5.32 Å². The summed E-state index contributed by atoms with van der Waals surface area (Å²) in [5.74, 6) is 0.601. The van der Waals surface area contributed by atoms with Gasteiger partial charge in [-0.1, -0.05) is 11.6 Å². The first-order chi connectivity index (χ1) is 9.74. The Hall–Kier alpha value is -1.40. The number of aromatic nitrogens is 3. The molecule has 20 heavy (non-hydrogen) atoms. The molecule has 1 saturated carbocycles. The van der Waals surface area contributed by atoms with E-state index in [4.69, 9.17) is 11.6 Å². The average Bonchev–Trinajstić information content (AvgIpc) is 3.10. The SMILES string of the molecule is O=c1c(NCCc2cscn2)c(Cl)cnn1CC1CC1. The lowest BCUT2D eigenvalue weighted by Gasteiger charge is -2.09. The number of anilines is 1. The lowest BCUT2D eigenvalue weighted by atomic mass is 10.3. The molecule has 2 aromatic heterocycles. The molecule has 1 fully saturated rings. The molecule has 3 rings (SSSR count). The first kappa shape index (κ1) is 13.6. The number of thiazole rings is 1. The van der Waals surface area contributed by atoms with Crippen molar-refractivity contribution in [1.82, 2.24) is 14.8 Å². The second kappa shape index (κ2) is 5.93. The van der Waals surface area contributed by atoms with Crippen molar-refractivity contribution in [3.05, 3.63) is 38.2 Å². The molecule has 0 unspecified atom stereocenters. The molecule has 2 heterocycles. The van der Waals surface area contributed by atoms with Crippen LogP contribution < -0.4 is 10.9 Å². The fourth-order valence-electron chi connectivity index (χ4n) is 1.98. The quantitative estimate of drug-likeness (QED) is 0.890. The summed E-state index contributed by atoms with van der Waals surface area (Å²) < 4.78 is 1.51. The molecule has 0 bridgehead atoms. The fraction of sp³-hybridized carbons (Fsp3) is 0.462. The summed E-state index contributed by atoms with van der Waals surface area (Å²) in [6.07, 6.45) is 4.67. The van der Waals surface area contributed by atoms with Gasteiger partial charge in [0.2, 0.25) is 0 Å². The van der Waals surface area contributed by atoms with E-state index in [9.17, 15) is 4.79 Å². The third-order valence-electron chi connectivity index (χ3n) is 3.29. The number of nitrogens with one attached hydrogen (secondary N) is 1. The predicted octanol–water partition coefficient (Wildman–Crippen LogP) is 2.42. The van der Waals surface area contributed by atoms with Gasteiger partial charge in [0, 0.05) is 24.9 Å². The minimum atomic E-state index is -0.136. The molecular weight excluding hydrogens is 296 g/mol. The van der Waals surface area contributed by atoms with Gasteiger partial charge in [0.25, 0.3) is 5.56 Å². The van der Waals surface area contributed by atoms with Crippen LogP contribution in [0.2, 0.25) is 5.02 Å². The molecule has 2 aromatic rings. The molecule has 106 valence electrons. The highest BCUT2D eigenvalue weighted by atomic mass is 35.5. The van der Waals surface area contributed by atoms with Crippen molar-refractivity contribution in [2.45, 2.75) is 25.8 Å². The second-order valence-electron chi connectivity index (χ2n) is 4.95. The Kier molecular flexibility index (Phi) is 4.03. The van der Waals surface area contributed by atoms with Crippen LogP contribution in [0.3, 0.4) is 0 Å². The van der Waals surface area contributed by atoms with Gasteiger partial charge in [-0.05, 0) is 18.8 Å². The third kappa shape index (κ3) is 3.19. The molecule has 1 aliphatic rings. The number of nitrogens with zero attached hydrogens (tertiary/aromatic N) is 3. The van der Waals surface area contributed by atoms with Crippen molar-refractivity contribution >= 4 is 28.6 Å². The Balaban J connectivity index is 1.69. The van der Waals surface area contributed by atoms with Crippen molar-refractivity contribution in [2.75, 3.05) is 11.9 Å². The zero-order chi connectivity index (χ0) is 13.9. The topological polar surface area (TPSA) is 59.8 Å². The molecule has 0 atom stereocenters. The van der Waals surface area contributed by atoms with E-state index in [2.05, 4.69) is 15.4 Å². The Morgan fingerprint density at radius 1 is 1.50 bits per heavy atom. The van der Waals surface area contributed by atoms with Gasteiger partial charge in [0.1, 0.15) is 5.69 Å². The van der Waals surface area contributed by atoms with Crippen LogP contribution in [0.1, 0.15) is 18.5 Å². The molecule has 0 amide bonds. The smallest absolute Gasteiger partial charge is 0.291 e. The van der Waals surface area contributed by atoms with E-state index in [0.717, 1.165) is 12.1 Å². The zero-order valence-corrected chi connectivity index (χ0v) is 12.5. The first-order valence-electron chi connectivity index (χ1n) is 6.60. The molecule has 1 N–H and O–H groups in total. The number of halogens is 1. The molecule has 5 nitrogen and oxygen atoms in total. The average molecular weight is 311 g/mol. The van der Waals surface area contributed by atoms with Crippen molar-refractivity contribution in [2.24, 2.45) is 5.92 Å². The monoisotopic (exact) mass is 310 g/mol. The highest BCUT2D eigenvalue weighted by Gasteiger charge is 2.23. The van der Waals surface area contributed by atoms with Crippen LogP contribution in [0, 0.1) is 5.92 Å². The summed E-state index contributed by atoms with van der Waals surface area (Å²) in [5, 5.41) is 9.59. The highest BCUT2D eigenvalue weighted by molar-refractivity contribution is 7.07. The van der Waals surface area contributed by atoms with Gasteiger partial charge in [0.05, 0.1) is 22.4 Å². The maximum Gasteiger partial charge on any atom is 0.291 e. The zero-order valence-electron chi connectivity index (χ0n) is 10.9. The van der Waals surface area contributed by atoms with Crippen LogP contribution in [-0.2, 0) is 13.0 Å². The van der Waals surface area contributed by atoms with E-state index in [1.165, 1.54) is 23.7 Å². The molecule has 1 aliphatic carbocycles. The minimum Gasteiger partial charge on any atom is -0.379 e. The van der Waals surface area contributed by atoms with Crippen LogP contribution in [0.25, 0.3) is 0 Å². The molecular formula is C13H15ClN4OS. The first-order valence-corrected chi connectivity index (χ1v) is 7.92. The highest BCUT2D eigenvalue weighted by Crippen LogP contribution is 2.30. The van der Waals surface area contributed by atoms with Crippen LogP contribution in [0.5, 0.6) is 0 Å². The Morgan fingerprint density at radius 3 is 3.05 bits per heavy atom. The number of hydrogen-bond acceptors (Lipinski definition) is 5. The van der Waals surface area contributed by atoms with E-state index in [1.807, 2.05) is 5.38 Å². The Labute approximate surface area is 125 Å². The lowest BCUT2D eigenvalue weighted by Crippen LogP contribution is -2.27. The lowest BCUT2D eigenvalue weighted by molar-refractivity contribution is 0.534. The maximum atomic E-state index is 12.3. The van der Waals surface area contributed by atoms with E-state index in [0.29, 0.717) is 29.7 Å². The predicted molar refractivity (Wildman–Crippen MR) is 80.5 cm³/mol. The van der Waals surface area contributed by atoms with Crippen molar-refractivity contribution in [1.29, 1.82) is 0 Å². The van der Waals surface area contributed by atoms with Gasteiger partial charge >= 0.3 is 0 Å². The Morgan fingerprint density at radius 2 is 2.35 bits per heavy atom. The Bertz CT molecular complexity index is 636. The van der Waals surface area contributed by atoms with Crippen molar-refractivity contribution in [3.63, 3.8) is 0 Å².